The normalized spacial score (nSPS) is 10.8. The molecule has 2 aromatic heterocycles. The maximum atomic E-state index is 5.41. The molecule has 0 aliphatic carbocycles. The largest absolute Gasteiger partial charge is 0.356 e. The lowest BCUT2D eigenvalue weighted by molar-refractivity contribution is 0.426. The zero-order valence-corrected chi connectivity index (χ0v) is 13.4. The van der Waals surface area contributed by atoms with Crippen molar-refractivity contribution in [3.8, 4) is 17.0 Å². The highest BCUT2D eigenvalue weighted by Gasteiger charge is 2.11. The van der Waals surface area contributed by atoms with E-state index in [1.807, 2.05) is 66.7 Å². The highest BCUT2D eigenvalue weighted by molar-refractivity contribution is 7.98. The summed E-state index contributed by atoms with van der Waals surface area (Å²) in [5.74, 6) is 1.39. The molecule has 0 spiro atoms. The summed E-state index contributed by atoms with van der Waals surface area (Å²) in [6.07, 6.45) is 0. The minimum absolute atomic E-state index is 0.629. The molecule has 118 valence electrons. The zero-order chi connectivity index (χ0) is 16.2. The molecule has 0 radical (unpaired) electrons. The maximum absolute atomic E-state index is 5.41. The van der Waals surface area contributed by atoms with Gasteiger partial charge in [-0.15, -0.1) is 5.10 Å². The van der Waals surface area contributed by atoms with Crippen LogP contribution in [-0.2, 0) is 5.75 Å². The van der Waals surface area contributed by atoms with E-state index in [1.54, 1.807) is 4.68 Å². The maximum Gasteiger partial charge on any atom is 0.214 e. The van der Waals surface area contributed by atoms with Gasteiger partial charge in [0.25, 0.3) is 0 Å². The fourth-order valence-corrected chi connectivity index (χ4v) is 3.03. The van der Waals surface area contributed by atoms with Crippen molar-refractivity contribution in [2.75, 3.05) is 0 Å². The van der Waals surface area contributed by atoms with E-state index in [-0.39, 0.29) is 0 Å². The molecule has 0 unspecified atom stereocenters. The fraction of sp³-hybridized carbons (Fsp3) is 0.0588. The summed E-state index contributed by atoms with van der Waals surface area (Å²) in [5.41, 5.74) is 2.78. The quantitative estimate of drug-likeness (QED) is 0.519. The van der Waals surface area contributed by atoms with Crippen molar-refractivity contribution in [3.05, 3.63) is 72.4 Å². The first kappa shape index (κ1) is 14.6. The Labute approximate surface area is 142 Å². The number of hydrogen-bond acceptors (Lipinski definition) is 6. The van der Waals surface area contributed by atoms with E-state index in [0.717, 1.165) is 22.7 Å². The Kier molecular flexibility index (Phi) is 4.07. The third-order valence-corrected chi connectivity index (χ3v) is 4.36. The van der Waals surface area contributed by atoms with Gasteiger partial charge < -0.3 is 4.52 Å². The molecule has 0 N–H and O–H groups in total. The molecule has 2 aromatic carbocycles. The second-order valence-corrected chi connectivity index (χ2v) is 5.99. The molecule has 0 atom stereocenters. The average molecular weight is 335 g/mol. The number of para-hydroxylation sites is 1. The second kappa shape index (κ2) is 6.67. The SMILES string of the molecule is c1ccc(-c2cc(CSc3nnnn3-c3ccccc3)no2)cc1. The van der Waals surface area contributed by atoms with Crippen molar-refractivity contribution in [1.29, 1.82) is 0 Å². The van der Waals surface area contributed by atoms with Crippen molar-refractivity contribution in [1.82, 2.24) is 25.4 Å². The highest BCUT2D eigenvalue weighted by Crippen LogP contribution is 2.25. The van der Waals surface area contributed by atoms with Crippen LogP contribution in [-0.4, -0.2) is 25.4 Å². The molecule has 0 saturated heterocycles. The van der Waals surface area contributed by atoms with Crippen LogP contribution in [0.3, 0.4) is 0 Å². The van der Waals surface area contributed by atoms with Crippen LogP contribution >= 0.6 is 11.8 Å². The van der Waals surface area contributed by atoms with E-state index < -0.39 is 0 Å². The van der Waals surface area contributed by atoms with E-state index in [4.69, 9.17) is 4.52 Å². The van der Waals surface area contributed by atoms with E-state index in [9.17, 15) is 0 Å². The van der Waals surface area contributed by atoms with Crippen LogP contribution in [0.5, 0.6) is 0 Å². The topological polar surface area (TPSA) is 69.6 Å². The highest BCUT2D eigenvalue weighted by atomic mass is 32.2. The molecule has 0 aliphatic rings. The first-order valence-corrected chi connectivity index (χ1v) is 8.36. The minimum Gasteiger partial charge on any atom is -0.356 e. The van der Waals surface area contributed by atoms with Crippen molar-refractivity contribution in [2.45, 2.75) is 10.9 Å². The van der Waals surface area contributed by atoms with Crippen molar-refractivity contribution < 1.29 is 4.52 Å². The summed E-state index contributed by atoms with van der Waals surface area (Å²) >= 11 is 1.51. The third-order valence-electron chi connectivity index (χ3n) is 3.41. The monoisotopic (exact) mass is 335 g/mol. The second-order valence-electron chi connectivity index (χ2n) is 5.05. The summed E-state index contributed by atoms with van der Waals surface area (Å²) < 4.78 is 7.12. The van der Waals surface area contributed by atoms with E-state index in [0.29, 0.717) is 10.9 Å². The molecule has 6 nitrogen and oxygen atoms in total. The number of aromatic nitrogens is 5. The smallest absolute Gasteiger partial charge is 0.214 e. The molecule has 7 heteroatoms. The molecule has 0 saturated carbocycles. The predicted molar refractivity (Wildman–Crippen MR) is 90.7 cm³/mol. The van der Waals surface area contributed by atoms with Crippen LogP contribution in [0.25, 0.3) is 17.0 Å². The molecule has 4 rings (SSSR count). The number of hydrogen-bond donors (Lipinski definition) is 0. The van der Waals surface area contributed by atoms with E-state index in [1.165, 1.54) is 11.8 Å². The van der Waals surface area contributed by atoms with Gasteiger partial charge in [0, 0.05) is 17.4 Å². The van der Waals surface area contributed by atoms with Gasteiger partial charge in [-0.1, -0.05) is 65.4 Å². The molecule has 0 fully saturated rings. The summed E-state index contributed by atoms with van der Waals surface area (Å²) in [5, 5.41) is 16.7. The van der Waals surface area contributed by atoms with Gasteiger partial charge in [-0.2, -0.15) is 4.68 Å². The molecule has 24 heavy (non-hydrogen) atoms. The van der Waals surface area contributed by atoms with Crippen LogP contribution in [0.1, 0.15) is 5.69 Å². The van der Waals surface area contributed by atoms with Crippen LogP contribution in [0, 0.1) is 0 Å². The number of thioether (sulfide) groups is 1. The first-order valence-electron chi connectivity index (χ1n) is 7.38. The first-order chi connectivity index (χ1) is 11.9. The van der Waals surface area contributed by atoms with E-state index >= 15 is 0 Å². The number of rotatable bonds is 5. The molecular weight excluding hydrogens is 322 g/mol. The Bertz CT molecular complexity index is 920. The van der Waals surface area contributed by atoms with Crippen LogP contribution in [0.15, 0.2) is 76.4 Å². The summed E-state index contributed by atoms with van der Waals surface area (Å²) in [6, 6.07) is 21.6. The Morgan fingerprint density at radius 1 is 0.958 bits per heavy atom. The van der Waals surface area contributed by atoms with Gasteiger partial charge in [-0.25, -0.2) is 0 Å². The van der Waals surface area contributed by atoms with Gasteiger partial charge in [0.15, 0.2) is 5.76 Å². The zero-order valence-electron chi connectivity index (χ0n) is 12.6. The lowest BCUT2D eigenvalue weighted by atomic mass is 10.2. The number of benzene rings is 2. The minimum atomic E-state index is 0.629. The number of nitrogens with zero attached hydrogens (tertiary/aromatic N) is 5. The lowest BCUT2D eigenvalue weighted by Crippen LogP contribution is -1.98. The van der Waals surface area contributed by atoms with Crippen LogP contribution < -0.4 is 0 Å². The summed E-state index contributed by atoms with van der Waals surface area (Å²) in [7, 11) is 0. The standard InChI is InChI=1S/C17H13N5OS/c1-3-7-13(8-4-1)16-11-14(19-23-16)12-24-17-18-20-21-22(17)15-9-5-2-6-10-15/h1-11H,12H2. The Hall–Kier alpha value is -2.93. The van der Waals surface area contributed by atoms with Crippen molar-refractivity contribution in [2.24, 2.45) is 0 Å². The van der Waals surface area contributed by atoms with Crippen molar-refractivity contribution in [3.63, 3.8) is 0 Å². The number of tetrazole rings is 1. The molecule has 2 heterocycles. The molecular formula is C17H13N5OS. The fourth-order valence-electron chi connectivity index (χ4n) is 2.26. The molecule has 0 aliphatic heterocycles. The molecule has 0 amide bonds. The lowest BCUT2D eigenvalue weighted by Gasteiger charge is -2.02. The van der Waals surface area contributed by atoms with Gasteiger partial charge >= 0.3 is 0 Å². The van der Waals surface area contributed by atoms with Crippen LogP contribution in [0.2, 0.25) is 0 Å². The van der Waals surface area contributed by atoms with E-state index in [2.05, 4.69) is 20.7 Å². The Morgan fingerprint density at radius 3 is 2.50 bits per heavy atom. The summed E-state index contributed by atoms with van der Waals surface area (Å²) in [4.78, 5) is 0. The summed E-state index contributed by atoms with van der Waals surface area (Å²) in [6.45, 7) is 0. The third kappa shape index (κ3) is 3.07. The van der Waals surface area contributed by atoms with Gasteiger partial charge in [-0.05, 0) is 22.6 Å². The predicted octanol–water partition coefficient (Wildman–Crippen LogP) is 3.61. The Balaban J connectivity index is 1.49. The van der Waals surface area contributed by atoms with Gasteiger partial charge in [-0.3, -0.25) is 0 Å². The average Bonchev–Trinajstić information content (AvgIpc) is 3.31. The van der Waals surface area contributed by atoms with Gasteiger partial charge in [0.1, 0.15) is 0 Å². The van der Waals surface area contributed by atoms with Crippen molar-refractivity contribution >= 4 is 11.8 Å². The van der Waals surface area contributed by atoms with Gasteiger partial charge in [0.2, 0.25) is 5.16 Å². The molecule has 4 aromatic rings. The Morgan fingerprint density at radius 2 is 1.71 bits per heavy atom. The van der Waals surface area contributed by atoms with Crippen LogP contribution in [0.4, 0.5) is 0 Å². The molecule has 0 bridgehead atoms. The van der Waals surface area contributed by atoms with Gasteiger partial charge in [0.05, 0.1) is 11.4 Å².